The number of fused-ring (bicyclic) bond motifs is 1. The second-order valence-electron chi connectivity index (χ2n) is 8.11. The number of rotatable bonds is 6. The zero-order valence-electron chi connectivity index (χ0n) is 18.5. The van der Waals surface area contributed by atoms with Crippen molar-refractivity contribution in [3.63, 3.8) is 0 Å². The van der Waals surface area contributed by atoms with Crippen LogP contribution in [0.25, 0.3) is 11.0 Å². The number of hydrogen-bond donors (Lipinski definition) is 1. The van der Waals surface area contributed by atoms with Gasteiger partial charge in [0.05, 0.1) is 18.3 Å². The minimum Gasteiger partial charge on any atom is -0.464 e. The van der Waals surface area contributed by atoms with E-state index in [9.17, 15) is 9.59 Å². The largest absolute Gasteiger partial charge is 0.464 e. The van der Waals surface area contributed by atoms with E-state index in [0.717, 1.165) is 36.2 Å². The molecule has 2 amide bonds. The van der Waals surface area contributed by atoms with E-state index in [1.165, 1.54) is 0 Å². The van der Waals surface area contributed by atoms with Gasteiger partial charge in [0, 0.05) is 25.8 Å². The van der Waals surface area contributed by atoms with E-state index in [-0.39, 0.29) is 12.6 Å². The molecule has 0 bridgehead atoms. The normalized spacial score (nSPS) is 15.5. The Morgan fingerprint density at radius 2 is 1.94 bits per heavy atom. The molecule has 8 nitrogen and oxygen atoms in total. The zero-order valence-corrected chi connectivity index (χ0v) is 18.5. The standard InChI is InChI=1S/C24H29N5O3/c1-3-32-23(30)22(19-7-5-4-6-8-19)27-24(31)28-13-10-18(11-14-28)16-29-17(2)26-20-15-25-12-9-21(20)29/h4-9,12,15,18,22H,3,10-11,13-14,16H2,1-2H3,(H,27,31)/t22-/m1/s1. The molecule has 168 valence electrons. The molecule has 32 heavy (non-hydrogen) atoms. The van der Waals surface area contributed by atoms with Gasteiger partial charge in [-0.15, -0.1) is 0 Å². The SMILES string of the molecule is CCOC(=O)[C@H](NC(=O)N1CCC(Cn2c(C)nc3cnccc32)CC1)c1ccccc1. The summed E-state index contributed by atoms with van der Waals surface area (Å²) in [6, 6.07) is 10.2. The molecule has 3 heterocycles. The Hall–Kier alpha value is -3.42. The smallest absolute Gasteiger partial charge is 0.333 e. The molecular formula is C24H29N5O3. The quantitative estimate of drug-likeness (QED) is 0.599. The summed E-state index contributed by atoms with van der Waals surface area (Å²) in [4.78, 5) is 35.9. The Bertz CT molecular complexity index is 1070. The molecule has 2 aromatic heterocycles. The maximum Gasteiger partial charge on any atom is 0.333 e. The number of likely N-dealkylation sites (tertiary alicyclic amines) is 1. The first-order chi connectivity index (χ1) is 15.6. The summed E-state index contributed by atoms with van der Waals surface area (Å²) < 4.78 is 7.42. The second kappa shape index (κ2) is 9.80. The van der Waals surface area contributed by atoms with Crippen LogP contribution in [0.15, 0.2) is 48.8 Å². The van der Waals surface area contributed by atoms with Crippen LogP contribution in [0, 0.1) is 12.8 Å². The number of pyridine rings is 1. The molecule has 0 radical (unpaired) electrons. The van der Waals surface area contributed by atoms with E-state index in [2.05, 4.69) is 19.9 Å². The van der Waals surface area contributed by atoms with Crippen LogP contribution in [0.2, 0.25) is 0 Å². The van der Waals surface area contributed by atoms with E-state index < -0.39 is 12.0 Å². The van der Waals surface area contributed by atoms with Crippen molar-refractivity contribution in [2.75, 3.05) is 19.7 Å². The van der Waals surface area contributed by atoms with Crippen LogP contribution in [0.4, 0.5) is 4.79 Å². The van der Waals surface area contributed by atoms with Gasteiger partial charge in [-0.05, 0) is 44.2 Å². The maximum atomic E-state index is 12.9. The summed E-state index contributed by atoms with van der Waals surface area (Å²) in [7, 11) is 0. The summed E-state index contributed by atoms with van der Waals surface area (Å²) in [6.07, 6.45) is 5.37. The van der Waals surface area contributed by atoms with E-state index in [1.54, 1.807) is 24.2 Å². The lowest BCUT2D eigenvalue weighted by atomic mass is 9.96. The van der Waals surface area contributed by atoms with Crippen molar-refractivity contribution in [1.82, 2.24) is 24.8 Å². The maximum absolute atomic E-state index is 12.9. The number of ether oxygens (including phenoxy) is 1. The highest BCUT2D eigenvalue weighted by atomic mass is 16.5. The fraction of sp³-hybridized carbons (Fsp3) is 0.417. The number of esters is 1. The summed E-state index contributed by atoms with van der Waals surface area (Å²) in [5, 5.41) is 2.87. The number of nitrogens with one attached hydrogen (secondary N) is 1. The third-order valence-corrected chi connectivity index (χ3v) is 6.01. The number of aromatic nitrogens is 3. The lowest BCUT2D eigenvalue weighted by Gasteiger charge is -2.33. The van der Waals surface area contributed by atoms with Gasteiger partial charge in [0.15, 0.2) is 6.04 Å². The Balaban J connectivity index is 1.37. The van der Waals surface area contributed by atoms with Crippen LogP contribution in [0.1, 0.15) is 37.2 Å². The van der Waals surface area contributed by atoms with Crippen molar-refractivity contribution in [2.24, 2.45) is 5.92 Å². The predicted octanol–water partition coefficient (Wildman–Crippen LogP) is 3.47. The van der Waals surface area contributed by atoms with Crippen molar-refractivity contribution in [2.45, 2.75) is 39.3 Å². The molecule has 1 atom stereocenters. The monoisotopic (exact) mass is 435 g/mol. The van der Waals surface area contributed by atoms with Gasteiger partial charge in [0.25, 0.3) is 0 Å². The molecular weight excluding hydrogens is 406 g/mol. The molecule has 1 aliphatic heterocycles. The number of imidazole rings is 1. The minimum atomic E-state index is -0.810. The number of piperidine rings is 1. The minimum absolute atomic E-state index is 0.235. The lowest BCUT2D eigenvalue weighted by Crippen LogP contribution is -2.47. The zero-order chi connectivity index (χ0) is 22.5. The van der Waals surface area contributed by atoms with Gasteiger partial charge in [0.2, 0.25) is 0 Å². The van der Waals surface area contributed by atoms with E-state index >= 15 is 0 Å². The number of carbonyl (C=O) groups excluding carboxylic acids is 2. The third kappa shape index (κ3) is 4.74. The van der Waals surface area contributed by atoms with Crippen molar-refractivity contribution in [1.29, 1.82) is 0 Å². The number of aryl methyl sites for hydroxylation is 1. The van der Waals surface area contributed by atoms with Crippen molar-refractivity contribution >= 4 is 23.0 Å². The van der Waals surface area contributed by atoms with Crippen LogP contribution in [-0.2, 0) is 16.1 Å². The van der Waals surface area contributed by atoms with E-state index in [4.69, 9.17) is 4.74 Å². The van der Waals surface area contributed by atoms with Crippen molar-refractivity contribution in [3.8, 4) is 0 Å². The van der Waals surface area contributed by atoms with Gasteiger partial charge >= 0.3 is 12.0 Å². The highest BCUT2D eigenvalue weighted by Crippen LogP contribution is 2.24. The molecule has 0 aliphatic carbocycles. The molecule has 0 saturated carbocycles. The average molecular weight is 436 g/mol. The Morgan fingerprint density at radius 3 is 2.66 bits per heavy atom. The van der Waals surface area contributed by atoms with Crippen LogP contribution >= 0.6 is 0 Å². The molecule has 1 fully saturated rings. The summed E-state index contributed by atoms with van der Waals surface area (Å²) in [5.41, 5.74) is 2.72. The Kier molecular flexibility index (Phi) is 6.68. The molecule has 0 unspecified atom stereocenters. The first kappa shape index (κ1) is 21.8. The highest BCUT2D eigenvalue weighted by Gasteiger charge is 2.29. The molecule has 3 aromatic rings. The average Bonchev–Trinajstić information content (AvgIpc) is 3.13. The Labute approximate surface area is 187 Å². The van der Waals surface area contributed by atoms with Gasteiger partial charge in [0.1, 0.15) is 11.3 Å². The van der Waals surface area contributed by atoms with Crippen molar-refractivity contribution in [3.05, 3.63) is 60.2 Å². The number of carbonyl (C=O) groups is 2. The van der Waals surface area contributed by atoms with E-state index in [0.29, 0.717) is 24.6 Å². The summed E-state index contributed by atoms with van der Waals surface area (Å²) in [5.74, 6) is 0.991. The second-order valence-corrected chi connectivity index (χ2v) is 8.11. The fourth-order valence-corrected chi connectivity index (χ4v) is 4.27. The Morgan fingerprint density at radius 1 is 1.19 bits per heavy atom. The first-order valence-electron chi connectivity index (χ1n) is 11.1. The molecule has 4 rings (SSSR count). The van der Waals surface area contributed by atoms with Gasteiger partial charge in [-0.1, -0.05) is 30.3 Å². The topological polar surface area (TPSA) is 89.4 Å². The van der Waals surface area contributed by atoms with Gasteiger partial charge in [-0.25, -0.2) is 14.6 Å². The molecule has 1 aromatic carbocycles. The molecule has 1 aliphatic rings. The van der Waals surface area contributed by atoms with Crippen molar-refractivity contribution < 1.29 is 14.3 Å². The van der Waals surface area contributed by atoms with Crippen LogP contribution < -0.4 is 5.32 Å². The van der Waals surface area contributed by atoms with Crippen LogP contribution in [0.3, 0.4) is 0 Å². The number of benzene rings is 1. The first-order valence-corrected chi connectivity index (χ1v) is 11.1. The highest BCUT2D eigenvalue weighted by molar-refractivity contribution is 5.84. The number of nitrogens with zero attached hydrogens (tertiary/aromatic N) is 4. The number of hydrogen-bond acceptors (Lipinski definition) is 5. The summed E-state index contributed by atoms with van der Waals surface area (Å²) >= 11 is 0. The third-order valence-electron chi connectivity index (χ3n) is 6.01. The lowest BCUT2D eigenvalue weighted by molar-refractivity contribution is -0.145. The number of urea groups is 1. The van der Waals surface area contributed by atoms with Crippen LogP contribution in [0.5, 0.6) is 0 Å². The fourth-order valence-electron chi connectivity index (χ4n) is 4.27. The molecule has 1 N–H and O–H groups in total. The van der Waals surface area contributed by atoms with Gasteiger partial charge in [-0.3, -0.25) is 4.98 Å². The molecule has 8 heteroatoms. The van der Waals surface area contributed by atoms with Gasteiger partial charge < -0.3 is 19.5 Å². The molecule has 0 spiro atoms. The number of amides is 2. The van der Waals surface area contributed by atoms with Crippen LogP contribution in [-0.4, -0.2) is 51.1 Å². The molecule has 1 saturated heterocycles. The predicted molar refractivity (Wildman–Crippen MR) is 121 cm³/mol. The summed E-state index contributed by atoms with van der Waals surface area (Å²) in [6.45, 7) is 6.21. The van der Waals surface area contributed by atoms with Gasteiger partial charge in [-0.2, -0.15) is 0 Å². The van der Waals surface area contributed by atoms with E-state index in [1.807, 2.05) is 43.3 Å².